The molecule has 0 unspecified atom stereocenters. The standard InChI is InChI=1S/C11H10ClNO2/c1-2-3-6-13-11(15)9-5-4-8(12)7-10(9)14/h1,4-5,7,14H,3,6H2,(H,13,15). The molecule has 78 valence electrons. The number of terminal acetylenes is 1. The van der Waals surface area contributed by atoms with Crippen LogP contribution in [0.25, 0.3) is 0 Å². The number of amides is 1. The predicted octanol–water partition coefficient (Wildman–Crippen LogP) is 1.80. The molecule has 0 atom stereocenters. The summed E-state index contributed by atoms with van der Waals surface area (Å²) >= 11 is 5.63. The van der Waals surface area contributed by atoms with Gasteiger partial charge in [0.1, 0.15) is 5.75 Å². The maximum Gasteiger partial charge on any atom is 0.255 e. The second-order valence-electron chi connectivity index (χ2n) is 2.87. The van der Waals surface area contributed by atoms with Crippen molar-refractivity contribution in [2.45, 2.75) is 6.42 Å². The predicted molar refractivity (Wildman–Crippen MR) is 58.9 cm³/mol. The number of phenolic OH excluding ortho intramolecular Hbond substituents is 1. The van der Waals surface area contributed by atoms with Gasteiger partial charge in [-0.25, -0.2) is 0 Å². The molecule has 15 heavy (non-hydrogen) atoms. The quantitative estimate of drug-likeness (QED) is 0.607. The van der Waals surface area contributed by atoms with E-state index < -0.39 is 0 Å². The van der Waals surface area contributed by atoms with E-state index >= 15 is 0 Å². The van der Waals surface area contributed by atoms with E-state index in [0.717, 1.165) is 0 Å². The molecule has 0 aromatic heterocycles. The highest BCUT2D eigenvalue weighted by molar-refractivity contribution is 6.30. The zero-order valence-corrected chi connectivity index (χ0v) is 8.71. The fourth-order valence-corrected chi connectivity index (χ4v) is 1.21. The third-order valence-corrected chi connectivity index (χ3v) is 1.99. The second-order valence-corrected chi connectivity index (χ2v) is 3.31. The molecule has 1 aromatic carbocycles. The molecule has 0 heterocycles. The van der Waals surface area contributed by atoms with E-state index in [0.29, 0.717) is 18.0 Å². The van der Waals surface area contributed by atoms with Gasteiger partial charge in [-0.1, -0.05) is 11.6 Å². The minimum atomic E-state index is -0.362. The SMILES string of the molecule is C#CCCNC(=O)c1ccc(Cl)cc1O. The van der Waals surface area contributed by atoms with E-state index in [2.05, 4.69) is 11.2 Å². The zero-order chi connectivity index (χ0) is 11.3. The molecule has 0 spiro atoms. The summed E-state index contributed by atoms with van der Waals surface area (Å²) in [7, 11) is 0. The van der Waals surface area contributed by atoms with Gasteiger partial charge in [0.2, 0.25) is 0 Å². The van der Waals surface area contributed by atoms with Crippen LogP contribution < -0.4 is 5.32 Å². The van der Waals surface area contributed by atoms with Crippen molar-refractivity contribution in [3.63, 3.8) is 0 Å². The minimum absolute atomic E-state index is 0.138. The van der Waals surface area contributed by atoms with Gasteiger partial charge in [0, 0.05) is 18.0 Å². The number of aromatic hydroxyl groups is 1. The van der Waals surface area contributed by atoms with Gasteiger partial charge < -0.3 is 10.4 Å². The Morgan fingerprint density at radius 1 is 1.60 bits per heavy atom. The van der Waals surface area contributed by atoms with E-state index in [1.165, 1.54) is 18.2 Å². The number of rotatable bonds is 3. The first-order valence-electron chi connectivity index (χ1n) is 4.35. The minimum Gasteiger partial charge on any atom is -0.507 e. The summed E-state index contributed by atoms with van der Waals surface area (Å²) in [5, 5.41) is 12.4. The largest absolute Gasteiger partial charge is 0.507 e. The molecule has 0 aliphatic carbocycles. The molecule has 0 saturated carbocycles. The van der Waals surface area contributed by atoms with Crippen molar-refractivity contribution in [1.82, 2.24) is 5.32 Å². The van der Waals surface area contributed by atoms with Gasteiger partial charge in [-0.3, -0.25) is 4.79 Å². The number of hydrogen-bond donors (Lipinski definition) is 2. The van der Waals surface area contributed by atoms with Gasteiger partial charge in [0.05, 0.1) is 5.56 Å². The molecular weight excluding hydrogens is 214 g/mol. The van der Waals surface area contributed by atoms with Gasteiger partial charge in [-0.2, -0.15) is 0 Å². The summed E-state index contributed by atoms with van der Waals surface area (Å²) in [5.41, 5.74) is 0.191. The van der Waals surface area contributed by atoms with Crippen molar-refractivity contribution in [3.05, 3.63) is 28.8 Å². The summed E-state index contributed by atoms with van der Waals surface area (Å²) in [6, 6.07) is 4.32. The average Bonchev–Trinajstić information content (AvgIpc) is 2.17. The van der Waals surface area contributed by atoms with Gasteiger partial charge in [-0.05, 0) is 18.2 Å². The van der Waals surface area contributed by atoms with E-state index in [-0.39, 0.29) is 17.2 Å². The van der Waals surface area contributed by atoms with Gasteiger partial charge in [0.25, 0.3) is 5.91 Å². The number of benzene rings is 1. The van der Waals surface area contributed by atoms with Crippen LogP contribution in [0.3, 0.4) is 0 Å². The molecule has 0 fully saturated rings. The van der Waals surface area contributed by atoms with Crippen molar-refractivity contribution in [2.24, 2.45) is 0 Å². The molecule has 1 rings (SSSR count). The van der Waals surface area contributed by atoms with Crippen LogP contribution in [0.5, 0.6) is 5.75 Å². The number of hydrogen-bond acceptors (Lipinski definition) is 2. The Kier molecular flexibility index (Phi) is 4.02. The lowest BCUT2D eigenvalue weighted by Crippen LogP contribution is -2.24. The highest BCUT2D eigenvalue weighted by Crippen LogP contribution is 2.21. The maximum absolute atomic E-state index is 11.5. The summed E-state index contributed by atoms with van der Waals surface area (Å²) in [5.74, 6) is 1.90. The maximum atomic E-state index is 11.5. The van der Waals surface area contributed by atoms with Gasteiger partial charge in [0.15, 0.2) is 0 Å². The fraction of sp³-hybridized carbons (Fsp3) is 0.182. The van der Waals surface area contributed by atoms with E-state index in [1.807, 2.05) is 0 Å². The molecule has 1 aromatic rings. The highest BCUT2D eigenvalue weighted by atomic mass is 35.5. The van der Waals surface area contributed by atoms with Crippen molar-refractivity contribution in [3.8, 4) is 18.1 Å². The topological polar surface area (TPSA) is 49.3 Å². The summed E-state index contributed by atoms with van der Waals surface area (Å²) in [4.78, 5) is 11.5. The smallest absolute Gasteiger partial charge is 0.255 e. The Morgan fingerprint density at radius 3 is 2.93 bits per heavy atom. The average molecular weight is 224 g/mol. The van der Waals surface area contributed by atoms with E-state index in [4.69, 9.17) is 18.0 Å². The van der Waals surface area contributed by atoms with Crippen LogP contribution in [0.1, 0.15) is 16.8 Å². The van der Waals surface area contributed by atoms with Crippen molar-refractivity contribution >= 4 is 17.5 Å². The van der Waals surface area contributed by atoms with E-state index in [1.54, 1.807) is 0 Å². The lowest BCUT2D eigenvalue weighted by molar-refractivity contribution is 0.0952. The summed E-state index contributed by atoms with van der Waals surface area (Å²) in [6.07, 6.45) is 5.49. The molecule has 0 radical (unpaired) electrons. The number of carbonyl (C=O) groups excluding carboxylic acids is 1. The van der Waals surface area contributed by atoms with Crippen LogP contribution in [-0.2, 0) is 0 Å². The Hall–Kier alpha value is -1.66. The monoisotopic (exact) mass is 223 g/mol. The van der Waals surface area contributed by atoms with Crippen LogP contribution in [0, 0.1) is 12.3 Å². The molecule has 3 nitrogen and oxygen atoms in total. The highest BCUT2D eigenvalue weighted by Gasteiger charge is 2.09. The summed E-state index contributed by atoms with van der Waals surface area (Å²) < 4.78 is 0. The molecule has 2 N–H and O–H groups in total. The van der Waals surface area contributed by atoms with Crippen molar-refractivity contribution in [2.75, 3.05) is 6.54 Å². The van der Waals surface area contributed by atoms with Crippen LogP contribution in [0.4, 0.5) is 0 Å². The van der Waals surface area contributed by atoms with E-state index in [9.17, 15) is 9.90 Å². The van der Waals surface area contributed by atoms with Crippen LogP contribution in [0.2, 0.25) is 5.02 Å². The van der Waals surface area contributed by atoms with Crippen LogP contribution >= 0.6 is 11.6 Å². The zero-order valence-electron chi connectivity index (χ0n) is 7.96. The Balaban J connectivity index is 2.70. The Morgan fingerprint density at radius 2 is 2.33 bits per heavy atom. The van der Waals surface area contributed by atoms with Crippen LogP contribution in [-0.4, -0.2) is 17.6 Å². The molecule has 0 bridgehead atoms. The molecule has 0 aliphatic rings. The first kappa shape index (κ1) is 11.4. The third kappa shape index (κ3) is 3.19. The molecule has 4 heteroatoms. The van der Waals surface area contributed by atoms with Gasteiger partial charge in [-0.15, -0.1) is 12.3 Å². The molecule has 1 amide bonds. The summed E-state index contributed by atoms with van der Waals surface area (Å²) in [6.45, 7) is 0.386. The lowest BCUT2D eigenvalue weighted by atomic mass is 10.2. The fourth-order valence-electron chi connectivity index (χ4n) is 1.04. The number of phenols is 1. The first-order valence-corrected chi connectivity index (χ1v) is 4.73. The van der Waals surface area contributed by atoms with Crippen molar-refractivity contribution in [1.29, 1.82) is 0 Å². The van der Waals surface area contributed by atoms with Crippen LogP contribution in [0.15, 0.2) is 18.2 Å². The second kappa shape index (κ2) is 5.28. The first-order chi connectivity index (χ1) is 7.15. The molecular formula is C11H10ClNO2. The normalized spacial score (nSPS) is 9.33. The van der Waals surface area contributed by atoms with Gasteiger partial charge >= 0.3 is 0 Å². The number of carbonyl (C=O) groups is 1. The third-order valence-electron chi connectivity index (χ3n) is 1.76. The molecule has 0 aliphatic heterocycles. The Labute approximate surface area is 93.1 Å². The van der Waals surface area contributed by atoms with Crippen molar-refractivity contribution < 1.29 is 9.90 Å². The Bertz CT molecular complexity index is 410. The number of nitrogens with one attached hydrogen (secondary N) is 1. The number of halogens is 1. The lowest BCUT2D eigenvalue weighted by Gasteiger charge is -2.05. The molecule has 0 saturated heterocycles.